The molecule has 0 bridgehead atoms. The van der Waals surface area contributed by atoms with Crippen LogP contribution in [0.25, 0.3) is 0 Å². The SMILES string of the molecule is CCOC(=O)c1c(NC(=O)C(Sc2cccc(NC(=O)C3CC3)c2)c2ccccc2)sc2c1CCN(C(C)=O)C2. The predicted molar refractivity (Wildman–Crippen MR) is 157 cm³/mol. The molecule has 40 heavy (non-hydrogen) atoms. The number of nitrogens with zero attached hydrogens (tertiary/aromatic N) is 1. The fourth-order valence-electron chi connectivity index (χ4n) is 4.63. The van der Waals surface area contributed by atoms with Crippen LogP contribution in [0.3, 0.4) is 0 Å². The topological polar surface area (TPSA) is 105 Å². The van der Waals surface area contributed by atoms with Crippen molar-refractivity contribution in [3.05, 3.63) is 76.2 Å². The normalized spacial score (nSPS) is 15.1. The summed E-state index contributed by atoms with van der Waals surface area (Å²) in [5.74, 6) is -0.674. The molecule has 2 heterocycles. The average molecular weight is 578 g/mol. The van der Waals surface area contributed by atoms with Crippen LogP contribution in [0.5, 0.6) is 0 Å². The highest BCUT2D eigenvalue weighted by molar-refractivity contribution is 8.00. The number of ether oxygens (including phenoxy) is 1. The lowest BCUT2D eigenvalue weighted by Crippen LogP contribution is -2.34. The molecule has 208 valence electrons. The summed E-state index contributed by atoms with van der Waals surface area (Å²) in [5.41, 5.74) is 2.71. The zero-order valence-electron chi connectivity index (χ0n) is 22.4. The second kappa shape index (κ2) is 12.3. The number of hydrogen-bond acceptors (Lipinski definition) is 7. The molecular weight excluding hydrogens is 546 g/mol. The summed E-state index contributed by atoms with van der Waals surface area (Å²) in [6.45, 7) is 4.40. The molecule has 3 aromatic rings. The zero-order chi connectivity index (χ0) is 28.2. The van der Waals surface area contributed by atoms with Crippen LogP contribution < -0.4 is 10.6 Å². The van der Waals surface area contributed by atoms with Gasteiger partial charge in [0.05, 0.1) is 18.7 Å². The smallest absolute Gasteiger partial charge is 0.341 e. The Morgan fingerprint density at radius 1 is 1.07 bits per heavy atom. The van der Waals surface area contributed by atoms with Gasteiger partial charge < -0.3 is 20.3 Å². The van der Waals surface area contributed by atoms with E-state index in [1.165, 1.54) is 30.0 Å². The molecule has 0 saturated heterocycles. The van der Waals surface area contributed by atoms with Crippen molar-refractivity contribution in [3.8, 4) is 0 Å². The summed E-state index contributed by atoms with van der Waals surface area (Å²) < 4.78 is 5.35. The third kappa shape index (κ3) is 6.39. The van der Waals surface area contributed by atoms with E-state index < -0.39 is 11.2 Å². The van der Waals surface area contributed by atoms with E-state index in [2.05, 4.69) is 10.6 Å². The minimum absolute atomic E-state index is 0.0241. The van der Waals surface area contributed by atoms with Gasteiger partial charge in [-0.2, -0.15) is 0 Å². The number of amides is 3. The number of hydrogen-bond donors (Lipinski definition) is 2. The van der Waals surface area contributed by atoms with Crippen molar-refractivity contribution in [2.45, 2.75) is 49.8 Å². The third-order valence-electron chi connectivity index (χ3n) is 6.86. The van der Waals surface area contributed by atoms with Gasteiger partial charge in [-0.25, -0.2) is 4.79 Å². The molecular formula is C30H31N3O5S2. The number of thiophene rings is 1. The summed E-state index contributed by atoms with van der Waals surface area (Å²) >= 11 is 2.69. The molecule has 8 nitrogen and oxygen atoms in total. The molecule has 10 heteroatoms. The van der Waals surface area contributed by atoms with E-state index in [1.54, 1.807) is 11.8 Å². The van der Waals surface area contributed by atoms with Gasteiger partial charge in [0.15, 0.2) is 0 Å². The van der Waals surface area contributed by atoms with E-state index in [0.717, 1.165) is 33.7 Å². The molecule has 2 aromatic carbocycles. The predicted octanol–water partition coefficient (Wildman–Crippen LogP) is 5.65. The number of esters is 1. The summed E-state index contributed by atoms with van der Waals surface area (Å²) in [6, 6.07) is 16.9. The fourth-order valence-corrected chi connectivity index (χ4v) is 6.97. The molecule has 2 aliphatic rings. The molecule has 1 atom stereocenters. The van der Waals surface area contributed by atoms with Crippen LogP contribution in [0.4, 0.5) is 10.7 Å². The number of carbonyl (C=O) groups is 4. The van der Waals surface area contributed by atoms with Crippen molar-refractivity contribution in [2.75, 3.05) is 23.8 Å². The van der Waals surface area contributed by atoms with Crippen LogP contribution in [0.2, 0.25) is 0 Å². The van der Waals surface area contributed by atoms with E-state index in [1.807, 2.05) is 54.6 Å². The number of fused-ring (bicyclic) bond motifs is 1. The fraction of sp³-hybridized carbons (Fsp3) is 0.333. The van der Waals surface area contributed by atoms with Crippen LogP contribution in [-0.4, -0.2) is 41.7 Å². The first-order valence-corrected chi connectivity index (χ1v) is 15.0. The van der Waals surface area contributed by atoms with Gasteiger partial charge in [-0.15, -0.1) is 23.1 Å². The summed E-state index contributed by atoms with van der Waals surface area (Å²) in [5, 5.41) is 5.80. The van der Waals surface area contributed by atoms with Crippen LogP contribution in [0, 0.1) is 5.92 Å². The number of carbonyl (C=O) groups excluding carboxylic acids is 4. The van der Waals surface area contributed by atoms with Gasteiger partial charge in [0.1, 0.15) is 10.3 Å². The van der Waals surface area contributed by atoms with Crippen molar-refractivity contribution in [2.24, 2.45) is 5.92 Å². The molecule has 1 saturated carbocycles. The van der Waals surface area contributed by atoms with Gasteiger partial charge in [0.25, 0.3) is 0 Å². The maximum absolute atomic E-state index is 13.9. The summed E-state index contributed by atoms with van der Waals surface area (Å²) in [7, 11) is 0. The monoisotopic (exact) mass is 577 g/mol. The van der Waals surface area contributed by atoms with E-state index in [0.29, 0.717) is 35.8 Å². The standard InChI is InChI=1S/C30H31N3O5S2/c1-3-38-30(37)25-23-14-15-33(18(2)34)17-24(23)40-29(25)32-28(36)26(19-8-5-4-6-9-19)39-22-11-7-10-21(16-22)31-27(35)20-12-13-20/h4-11,16,20,26H,3,12-15,17H2,1-2H3,(H,31,35)(H,32,36). The number of anilines is 2. The van der Waals surface area contributed by atoms with Gasteiger partial charge in [0.2, 0.25) is 17.7 Å². The highest BCUT2D eigenvalue weighted by Crippen LogP contribution is 2.41. The number of rotatable bonds is 9. The van der Waals surface area contributed by atoms with Crippen LogP contribution in [-0.2, 0) is 32.1 Å². The lowest BCUT2D eigenvalue weighted by atomic mass is 10.0. The summed E-state index contributed by atoms with van der Waals surface area (Å²) in [4.78, 5) is 54.6. The molecule has 3 amide bonds. The molecule has 1 aliphatic heterocycles. The lowest BCUT2D eigenvalue weighted by molar-refractivity contribution is -0.129. The molecule has 0 spiro atoms. The highest BCUT2D eigenvalue weighted by atomic mass is 32.2. The first-order chi connectivity index (χ1) is 19.3. The number of nitrogens with one attached hydrogen (secondary N) is 2. The first-order valence-electron chi connectivity index (χ1n) is 13.3. The minimum atomic E-state index is -0.626. The van der Waals surface area contributed by atoms with Crippen LogP contribution in [0.1, 0.15) is 58.3 Å². The number of benzene rings is 2. The Morgan fingerprint density at radius 2 is 1.85 bits per heavy atom. The minimum Gasteiger partial charge on any atom is -0.462 e. The Kier molecular flexibility index (Phi) is 8.56. The van der Waals surface area contributed by atoms with E-state index in [4.69, 9.17) is 4.74 Å². The van der Waals surface area contributed by atoms with E-state index in [-0.39, 0.29) is 30.2 Å². The van der Waals surface area contributed by atoms with Crippen LogP contribution >= 0.6 is 23.1 Å². The first kappa shape index (κ1) is 27.9. The van der Waals surface area contributed by atoms with Crippen molar-refractivity contribution in [1.82, 2.24) is 4.90 Å². The Bertz CT molecular complexity index is 1430. The Labute approximate surface area is 241 Å². The molecule has 1 fully saturated rings. The summed E-state index contributed by atoms with van der Waals surface area (Å²) in [6.07, 6.45) is 2.36. The van der Waals surface area contributed by atoms with E-state index >= 15 is 0 Å². The Morgan fingerprint density at radius 3 is 2.55 bits per heavy atom. The van der Waals surface area contributed by atoms with Gasteiger partial charge in [-0.1, -0.05) is 36.4 Å². The average Bonchev–Trinajstić information content (AvgIpc) is 3.73. The Hall–Kier alpha value is -3.63. The van der Waals surface area contributed by atoms with Gasteiger partial charge in [-0.05, 0) is 55.5 Å². The lowest BCUT2D eigenvalue weighted by Gasteiger charge is -2.25. The quantitative estimate of drug-likeness (QED) is 0.252. The van der Waals surface area contributed by atoms with Crippen molar-refractivity contribution in [3.63, 3.8) is 0 Å². The van der Waals surface area contributed by atoms with Crippen molar-refractivity contribution < 1.29 is 23.9 Å². The van der Waals surface area contributed by atoms with Gasteiger partial charge in [0, 0.05) is 34.8 Å². The number of thioether (sulfide) groups is 1. The largest absolute Gasteiger partial charge is 0.462 e. The Balaban J connectivity index is 1.42. The molecule has 0 radical (unpaired) electrons. The molecule has 1 aliphatic carbocycles. The molecule has 5 rings (SSSR count). The molecule has 1 aromatic heterocycles. The second-order valence-electron chi connectivity index (χ2n) is 9.81. The molecule has 1 unspecified atom stereocenters. The van der Waals surface area contributed by atoms with Crippen LogP contribution in [0.15, 0.2) is 59.5 Å². The maximum atomic E-state index is 13.9. The van der Waals surface area contributed by atoms with Crippen molar-refractivity contribution >= 4 is 57.5 Å². The third-order valence-corrected chi connectivity index (χ3v) is 9.24. The van der Waals surface area contributed by atoms with Gasteiger partial charge in [-0.3, -0.25) is 14.4 Å². The van der Waals surface area contributed by atoms with Gasteiger partial charge >= 0.3 is 5.97 Å². The maximum Gasteiger partial charge on any atom is 0.341 e. The zero-order valence-corrected chi connectivity index (χ0v) is 24.0. The second-order valence-corrected chi connectivity index (χ2v) is 12.1. The highest BCUT2D eigenvalue weighted by Gasteiger charge is 2.32. The molecule has 2 N–H and O–H groups in total. The van der Waals surface area contributed by atoms with Crippen molar-refractivity contribution in [1.29, 1.82) is 0 Å². The van der Waals surface area contributed by atoms with E-state index in [9.17, 15) is 19.2 Å².